The molecule has 27 heavy (non-hydrogen) atoms. The van der Waals surface area contributed by atoms with E-state index in [1.165, 1.54) is 12.1 Å². The van der Waals surface area contributed by atoms with Crippen molar-refractivity contribution in [3.63, 3.8) is 0 Å². The van der Waals surface area contributed by atoms with Crippen LogP contribution in [0.2, 0.25) is 0 Å². The molecule has 1 aliphatic rings. The Labute approximate surface area is 159 Å². The Morgan fingerprint density at radius 2 is 1.78 bits per heavy atom. The summed E-state index contributed by atoms with van der Waals surface area (Å²) < 4.78 is 64.8. The number of benzene rings is 2. The van der Waals surface area contributed by atoms with Crippen LogP contribution in [0.25, 0.3) is 0 Å². The highest BCUT2D eigenvalue weighted by molar-refractivity contribution is 7.96. The fourth-order valence-electron chi connectivity index (χ4n) is 3.43. The highest BCUT2D eigenvalue weighted by Gasteiger charge is 2.47. The zero-order valence-electron chi connectivity index (χ0n) is 15.1. The van der Waals surface area contributed by atoms with Crippen LogP contribution in [0.3, 0.4) is 0 Å². The Kier molecular flexibility index (Phi) is 5.42. The zero-order chi connectivity index (χ0) is 19.8. The number of nitrogens with one attached hydrogen (secondary N) is 1. The van der Waals surface area contributed by atoms with Crippen molar-refractivity contribution in [1.29, 1.82) is 0 Å². The summed E-state index contributed by atoms with van der Waals surface area (Å²) in [6, 6.07) is 12.1. The highest BCUT2D eigenvalue weighted by atomic mass is 32.2. The maximum absolute atomic E-state index is 14.2. The predicted molar refractivity (Wildman–Crippen MR) is 103 cm³/mol. The Hall–Kier alpha value is -1.77. The molecule has 3 rings (SSSR count). The fourth-order valence-corrected chi connectivity index (χ4v) is 8.26. The van der Waals surface area contributed by atoms with Crippen LogP contribution >= 0.6 is 0 Å². The molecule has 146 valence electrons. The van der Waals surface area contributed by atoms with Gasteiger partial charge in [-0.1, -0.05) is 36.4 Å². The fraction of sp³-hybridized carbons (Fsp3) is 0.368. The second-order valence-electron chi connectivity index (χ2n) is 7.00. The average molecular weight is 412 g/mol. The lowest BCUT2D eigenvalue weighted by molar-refractivity contribution is 0.473. The minimum Gasteiger partial charge on any atom is -0.305 e. The summed E-state index contributed by atoms with van der Waals surface area (Å²) >= 11 is 0. The van der Waals surface area contributed by atoms with Crippen molar-refractivity contribution in [2.24, 2.45) is 0 Å². The highest BCUT2D eigenvalue weighted by Crippen LogP contribution is 2.29. The van der Waals surface area contributed by atoms with Gasteiger partial charge in [-0.15, -0.1) is 0 Å². The predicted octanol–water partition coefficient (Wildman–Crippen LogP) is 2.42. The van der Waals surface area contributed by atoms with Gasteiger partial charge < -0.3 is 5.32 Å². The molecule has 2 aromatic carbocycles. The first-order chi connectivity index (χ1) is 12.6. The third-order valence-electron chi connectivity index (χ3n) is 4.86. The van der Waals surface area contributed by atoms with Gasteiger partial charge in [0, 0.05) is 12.1 Å². The molecule has 1 unspecified atom stereocenters. The largest absolute Gasteiger partial charge is 0.305 e. The van der Waals surface area contributed by atoms with Gasteiger partial charge in [0.1, 0.15) is 10.7 Å². The van der Waals surface area contributed by atoms with Gasteiger partial charge in [-0.3, -0.25) is 0 Å². The molecular weight excluding hydrogens is 389 g/mol. The van der Waals surface area contributed by atoms with E-state index in [1.54, 1.807) is 6.92 Å². The van der Waals surface area contributed by atoms with Gasteiger partial charge in [-0.25, -0.2) is 21.2 Å². The molecule has 0 aromatic heterocycles. The first-order valence-corrected chi connectivity index (χ1v) is 12.0. The molecule has 0 spiro atoms. The molecule has 1 aliphatic heterocycles. The van der Waals surface area contributed by atoms with E-state index in [0.717, 1.165) is 11.6 Å². The number of hydrogen-bond acceptors (Lipinski definition) is 5. The van der Waals surface area contributed by atoms with Gasteiger partial charge in [-0.05, 0) is 37.1 Å². The summed E-state index contributed by atoms with van der Waals surface area (Å²) in [7, 11) is -7.71. The molecular formula is C19H22FNO4S2. The van der Waals surface area contributed by atoms with Crippen molar-refractivity contribution in [1.82, 2.24) is 5.32 Å². The molecule has 5 nitrogen and oxygen atoms in total. The second-order valence-corrected chi connectivity index (χ2v) is 11.3. The van der Waals surface area contributed by atoms with Crippen LogP contribution in [0.4, 0.5) is 4.39 Å². The Morgan fingerprint density at radius 3 is 2.44 bits per heavy atom. The van der Waals surface area contributed by atoms with Crippen LogP contribution in [-0.2, 0) is 19.7 Å². The molecule has 0 saturated carbocycles. The van der Waals surface area contributed by atoms with E-state index in [9.17, 15) is 21.2 Å². The van der Waals surface area contributed by atoms with Crippen molar-refractivity contribution in [2.45, 2.75) is 36.1 Å². The van der Waals surface area contributed by atoms with Crippen molar-refractivity contribution >= 4 is 19.7 Å². The van der Waals surface area contributed by atoms with Crippen molar-refractivity contribution in [3.05, 3.63) is 65.5 Å². The third-order valence-corrected chi connectivity index (χ3v) is 9.02. The Morgan fingerprint density at radius 1 is 1.11 bits per heavy atom. The lowest BCUT2D eigenvalue weighted by Crippen LogP contribution is -2.44. The van der Waals surface area contributed by atoms with Crippen molar-refractivity contribution < 1.29 is 21.2 Å². The molecule has 1 saturated heterocycles. The van der Waals surface area contributed by atoms with Crippen LogP contribution in [-0.4, -0.2) is 39.6 Å². The molecule has 0 aliphatic carbocycles. The van der Waals surface area contributed by atoms with Gasteiger partial charge in [0.25, 0.3) is 0 Å². The minimum atomic E-state index is -4.16. The summed E-state index contributed by atoms with van der Waals surface area (Å²) in [6.45, 7) is 3.51. The number of aryl methyl sites for hydroxylation is 1. The van der Waals surface area contributed by atoms with E-state index < -0.39 is 47.4 Å². The molecule has 0 bridgehead atoms. The normalized spacial score (nSPS) is 23.2. The molecule has 0 amide bonds. The molecule has 1 N–H and O–H groups in total. The summed E-state index contributed by atoms with van der Waals surface area (Å²) in [5.74, 6) is -1.66. The maximum atomic E-state index is 14.2. The summed E-state index contributed by atoms with van der Waals surface area (Å²) in [4.78, 5) is -0.441. The van der Waals surface area contributed by atoms with E-state index in [0.29, 0.717) is 5.56 Å². The Balaban J connectivity index is 1.95. The smallest absolute Gasteiger partial charge is 0.186 e. The second kappa shape index (κ2) is 7.33. The van der Waals surface area contributed by atoms with E-state index in [2.05, 4.69) is 5.32 Å². The number of halogens is 1. The van der Waals surface area contributed by atoms with E-state index >= 15 is 0 Å². The van der Waals surface area contributed by atoms with E-state index in [4.69, 9.17) is 0 Å². The lowest BCUT2D eigenvalue weighted by Gasteiger charge is -2.24. The molecule has 2 aromatic rings. The topological polar surface area (TPSA) is 80.3 Å². The standard InChI is InChI=1S/C19H22FNO4S2/c1-13-8-9-16(20)18(10-13)27(24,25)19-12-26(22,23)11-17(19)21-14(2)15-6-4-3-5-7-15/h3-10,14,17,19,21H,11-12H2,1-2H3/t14?,17-,19-/m0/s1. The SMILES string of the molecule is Cc1ccc(F)c(S(=O)(=O)[C@H]2CS(=O)(=O)C[C@@H]2NC(C)c2ccccc2)c1. The van der Waals surface area contributed by atoms with Crippen LogP contribution in [0, 0.1) is 12.7 Å². The first kappa shape index (κ1) is 20.0. The van der Waals surface area contributed by atoms with Gasteiger partial charge >= 0.3 is 0 Å². The summed E-state index contributed by atoms with van der Waals surface area (Å²) in [6.07, 6.45) is 0. The molecule has 3 atom stereocenters. The van der Waals surface area contributed by atoms with Gasteiger partial charge in [0.05, 0.1) is 16.8 Å². The summed E-state index contributed by atoms with van der Waals surface area (Å²) in [5, 5.41) is 1.90. The lowest BCUT2D eigenvalue weighted by atomic mass is 10.1. The minimum absolute atomic E-state index is 0.246. The maximum Gasteiger partial charge on any atom is 0.186 e. The van der Waals surface area contributed by atoms with Crippen LogP contribution in [0.15, 0.2) is 53.4 Å². The van der Waals surface area contributed by atoms with Crippen molar-refractivity contribution in [2.75, 3.05) is 11.5 Å². The molecule has 0 radical (unpaired) electrons. The number of sulfone groups is 2. The Bertz CT molecular complexity index is 1040. The van der Waals surface area contributed by atoms with Gasteiger partial charge in [0.2, 0.25) is 0 Å². The average Bonchev–Trinajstić information content (AvgIpc) is 2.92. The summed E-state index contributed by atoms with van der Waals surface area (Å²) in [5.41, 5.74) is 1.51. The molecule has 8 heteroatoms. The van der Waals surface area contributed by atoms with Gasteiger partial charge in [0.15, 0.2) is 19.7 Å². The van der Waals surface area contributed by atoms with Crippen molar-refractivity contribution in [3.8, 4) is 0 Å². The first-order valence-electron chi connectivity index (χ1n) is 8.61. The third kappa shape index (κ3) is 4.23. The number of rotatable bonds is 5. The zero-order valence-corrected chi connectivity index (χ0v) is 16.7. The monoisotopic (exact) mass is 411 g/mol. The van der Waals surface area contributed by atoms with E-state index in [-0.39, 0.29) is 11.8 Å². The van der Waals surface area contributed by atoms with E-state index in [1.807, 2.05) is 37.3 Å². The molecule has 1 fully saturated rings. The van der Waals surface area contributed by atoms with Crippen LogP contribution in [0.5, 0.6) is 0 Å². The van der Waals surface area contributed by atoms with Crippen LogP contribution in [0.1, 0.15) is 24.1 Å². The molecule has 1 heterocycles. The van der Waals surface area contributed by atoms with Crippen LogP contribution < -0.4 is 5.32 Å². The quantitative estimate of drug-likeness (QED) is 0.817. The van der Waals surface area contributed by atoms with Gasteiger partial charge in [-0.2, -0.15) is 0 Å². The number of hydrogen-bond donors (Lipinski definition) is 1.